The molecular formula is C19H16BrF2N5O. The maximum absolute atomic E-state index is 14.4. The van der Waals surface area contributed by atoms with Crippen LogP contribution < -0.4 is 16.2 Å². The highest BCUT2D eigenvalue weighted by Crippen LogP contribution is 2.20. The van der Waals surface area contributed by atoms with Gasteiger partial charge in [-0.05, 0) is 31.2 Å². The molecule has 0 spiro atoms. The van der Waals surface area contributed by atoms with E-state index in [1.165, 1.54) is 25.4 Å². The van der Waals surface area contributed by atoms with Gasteiger partial charge in [0.1, 0.15) is 22.8 Å². The van der Waals surface area contributed by atoms with Gasteiger partial charge in [0.05, 0.1) is 12.7 Å². The third kappa shape index (κ3) is 3.43. The fourth-order valence-electron chi connectivity index (χ4n) is 3.07. The van der Waals surface area contributed by atoms with Gasteiger partial charge >= 0.3 is 0 Å². The fourth-order valence-corrected chi connectivity index (χ4v) is 3.48. The van der Waals surface area contributed by atoms with Crippen LogP contribution >= 0.6 is 15.9 Å². The molecule has 3 aromatic rings. The number of hydrogen-bond acceptors (Lipinski definition) is 5. The molecule has 4 rings (SSSR count). The molecular weight excluding hydrogens is 432 g/mol. The number of hydrogen-bond donors (Lipinski definition) is 1. The predicted molar refractivity (Wildman–Crippen MR) is 102 cm³/mol. The lowest BCUT2D eigenvalue weighted by Crippen LogP contribution is -2.45. The van der Waals surface area contributed by atoms with Gasteiger partial charge in [-0.25, -0.2) is 18.8 Å². The molecule has 0 fully saturated rings. The van der Waals surface area contributed by atoms with Crippen LogP contribution in [0.4, 0.5) is 8.78 Å². The minimum atomic E-state index is -0.589. The molecule has 0 radical (unpaired) electrons. The second kappa shape index (κ2) is 7.40. The van der Waals surface area contributed by atoms with E-state index in [1.807, 2.05) is 6.92 Å². The van der Waals surface area contributed by atoms with Gasteiger partial charge in [-0.1, -0.05) is 15.9 Å². The Bertz CT molecular complexity index is 1180. The molecule has 6 nitrogen and oxygen atoms in total. The molecule has 0 aliphatic carbocycles. The van der Waals surface area contributed by atoms with Crippen molar-refractivity contribution in [1.29, 1.82) is 0 Å². The molecule has 1 aliphatic rings. The molecule has 1 aromatic carbocycles. The summed E-state index contributed by atoms with van der Waals surface area (Å²) in [5.74, 6) is -0.394. The highest BCUT2D eigenvalue weighted by molar-refractivity contribution is 9.10. The summed E-state index contributed by atoms with van der Waals surface area (Å²) in [4.78, 5) is 13.1. The van der Waals surface area contributed by atoms with Crippen molar-refractivity contribution < 1.29 is 13.5 Å². The van der Waals surface area contributed by atoms with Gasteiger partial charge in [0, 0.05) is 34.6 Å². The minimum absolute atomic E-state index is 0.159. The number of halogens is 3. The largest absolute Gasteiger partial charge is 0.343 e. The SMILES string of the molecule is COC1N=c2c(nc(-c3cncc(F)c3)n2Cc2cc(Br)ccc2F)=C(C)N1. The summed E-state index contributed by atoms with van der Waals surface area (Å²) < 4.78 is 36.0. The quantitative estimate of drug-likeness (QED) is 0.666. The van der Waals surface area contributed by atoms with E-state index in [0.717, 1.165) is 16.4 Å². The summed E-state index contributed by atoms with van der Waals surface area (Å²) in [5.41, 5.74) is 2.21. The van der Waals surface area contributed by atoms with Crippen LogP contribution in [0.2, 0.25) is 0 Å². The van der Waals surface area contributed by atoms with Crippen LogP contribution in [0.25, 0.3) is 17.1 Å². The van der Waals surface area contributed by atoms with Gasteiger partial charge < -0.3 is 14.6 Å². The second-order valence-electron chi connectivity index (χ2n) is 6.31. The van der Waals surface area contributed by atoms with Gasteiger partial charge in [-0.2, -0.15) is 0 Å². The Morgan fingerprint density at radius 1 is 1.25 bits per heavy atom. The van der Waals surface area contributed by atoms with Crippen LogP contribution in [0, 0.1) is 11.6 Å². The molecule has 0 saturated carbocycles. The number of ether oxygens (including phenoxy) is 1. The number of nitrogens with one attached hydrogen (secondary N) is 1. The molecule has 144 valence electrons. The highest BCUT2D eigenvalue weighted by atomic mass is 79.9. The third-order valence-corrected chi connectivity index (χ3v) is 4.89. The number of fused-ring (bicyclic) bond motifs is 1. The second-order valence-corrected chi connectivity index (χ2v) is 7.22. The van der Waals surface area contributed by atoms with Crippen molar-refractivity contribution in [2.75, 3.05) is 7.11 Å². The summed E-state index contributed by atoms with van der Waals surface area (Å²) in [7, 11) is 1.53. The maximum atomic E-state index is 14.4. The number of aromatic nitrogens is 3. The third-order valence-electron chi connectivity index (χ3n) is 4.40. The fraction of sp³-hybridized carbons (Fsp3) is 0.211. The van der Waals surface area contributed by atoms with E-state index in [-0.39, 0.29) is 12.4 Å². The van der Waals surface area contributed by atoms with Crippen LogP contribution in [-0.2, 0) is 11.3 Å². The molecule has 3 heterocycles. The van der Waals surface area contributed by atoms with Gasteiger partial charge in [0.25, 0.3) is 0 Å². The molecule has 1 N–H and O–H groups in total. The van der Waals surface area contributed by atoms with E-state index in [4.69, 9.17) is 4.74 Å². The number of imidazole rings is 1. The minimum Gasteiger partial charge on any atom is -0.343 e. The zero-order valence-electron chi connectivity index (χ0n) is 15.1. The summed E-state index contributed by atoms with van der Waals surface area (Å²) >= 11 is 3.37. The Morgan fingerprint density at radius 2 is 2.07 bits per heavy atom. The highest BCUT2D eigenvalue weighted by Gasteiger charge is 2.20. The molecule has 1 aliphatic heterocycles. The Balaban J connectivity index is 1.98. The monoisotopic (exact) mass is 447 g/mol. The van der Waals surface area contributed by atoms with Crippen molar-refractivity contribution in [3.05, 3.63) is 69.2 Å². The van der Waals surface area contributed by atoms with Crippen molar-refractivity contribution in [2.45, 2.75) is 19.8 Å². The topological polar surface area (TPSA) is 64.3 Å². The van der Waals surface area contributed by atoms with Crippen molar-refractivity contribution in [2.24, 2.45) is 4.99 Å². The number of nitrogens with zero attached hydrogens (tertiary/aromatic N) is 4. The van der Waals surface area contributed by atoms with Crippen LogP contribution in [-0.4, -0.2) is 28.0 Å². The normalized spacial score (nSPS) is 15.8. The summed E-state index contributed by atoms with van der Waals surface area (Å²) in [6.45, 7) is 2.01. The molecule has 0 saturated heterocycles. The first kappa shape index (κ1) is 18.7. The van der Waals surface area contributed by atoms with Crippen molar-refractivity contribution in [3.8, 4) is 11.4 Å². The average molecular weight is 448 g/mol. The summed E-state index contributed by atoms with van der Waals surface area (Å²) in [6, 6.07) is 6.05. The van der Waals surface area contributed by atoms with Crippen LogP contribution in [0.5, 0.6) is 0 Å². The van der Waals surface area contributed by atoms with Crippen molar-refractivity contribution in [1.82, 2.24) is 19.9 Å². The number of methoxy groups -OCH3 is 1. The average Bonchev–Trinajstić information content (AvgIpc) is 3.03. The zero-order chi connectivity index (χ0) is 19.8. The van der Waals surface area contributed by atoms with Crippen LogP contribution in [0.15, 0.2) is 46.1 Å². The van der Waals surface area contributed by atoms with E-state index in [1.54, 1.807) is 16.7 Å². The predicted octanol–water partition coefficient (Wildman–Crippen LogP) is 2.31. The molecule has 1 atom stereocenters. The Labute approximate surface area is 167 Å². The smallest absolute Gasteiger partial charge is 0.227 e. The number of rotatable bonds is 4. The molecule has 9 heteroatoms. The van der Waals surface area contributed by atoms with Crippen LogP contribution in [0.3, 0.4) is 0 Å². The standard InChI is InChI=1S/C19H16BrF2N5O/c1-10-16-18(26-19(24-10)28-2)27(9-12-5-13(20)3-4-15(12)22)17(25-16)11-6-14(21)8-23-7-11/h3-8,19,24H,9H2,1-2H3. The Kier molecular flexibility index (Phi) is 4.94. The van der Waals surface area contributed by atoms with E-state index >= 15 is 0 Å². The maximum Gasteiger partial charge on any atom is 0.227 e. The van der Waals surface area contributed by atoms with E-state index in [9.17, 15) is 8.78 Å². The van der Waals surface area contributed by atoms with Gasteiger partial charge in [-0.3, -0.25) is 4.98 Å². The molecule has 1 unspecified atom stereocenters. The molecule has 0 bridgehead atoms. The van der Waals surface area contributed by atoms with E-state index in [0.29, 0.717) is 27.8 Å². The van der Waals surface area contributed by atoms with Gasteiger partial charge in [-0.15, -0.1) is 0 Å². The van der Waals surface area contributed by atoms with E-state index < -0.39 is 12.2 Å². The lowest BCUT2D eigenvalue weighted by molar-refractivity contribution is 0.0894. The van der Waals surface area contributed by atoms with Crippen molar-refractivity contribution in [3.63, 3.8) is 0 Å². The molecule has 28 heavy (non-hydrogen) atoms. The molecule has 2 aromatic heterocycles. The Hall–Kier alpha value is -2.65. The molecule has 0 amide bonds. The zero-order valence-corrected chi connectivity index (χ0v) is 16.7. The Morgan fingerprint density at radius 3 is 2.82 bits per heavy atom. The van der Waals surface area contributed by atoms with Crippen molar-refractivity contribution >= 4 is 21.6 Å². The van der Waals surface area contributed by atoms with Gasteiger partial charge in [0.15, 0.2) is 5.49 Å². The summed E-state index contributed by atoms with van der Waals surface area (Å²) in [6.07, 6.45) is 2.05. The van der Waals surface area contributed by atoms with E-state index in [2.05, 4.69) is 36.2 Å². The van der Waals surface area contributed by atoms with Crippen LogP contribution in [0.1, 0.15) is 12.5 Å². The summed E-state index contributed by atoms with van der Waals surface area (Å²) in [5, 5.41) is 3.69. The lowest BCUT2D eigenvalue weighted by atomic mass is 10.2. The first-order valence-electron chi connectivity index (χ1n) is 8.45. The van der Waals surface area contributed by atoms with Gasteiger partial charge in [0.2, 0.25) is 6.35 Å². The lowest BCUT2D eigenvalue weighted by Gasteiger charge is -2.17. The number of benzene rings is 1. The number of pyridine rings is 1. The first-order valence-corrected chi connectivity index (χ1v) is 9.25. The first-order chi connectivity index (χ1) is 13.5.